The van der Waals surface area contributed by atoms with Crippen molar-refractivity contribution in [3.05, 3.63) is 47.3 Å². The maximum atomic E-state index is 13.0. The Bertz CT molecular complexity index is 1050. The third kappa shape index (κ3) is 6.21. The van der Waals surface area contributed by atoms with E-state index in [4.69, 9.17) is 4.74 Å². The van der Waals surface area contributed by atoms with Crippen molar-refractivity contribution >= 4 is 17.7 Å². The monoisotopic (exact) mass is 483 g/mol. The van der Waals surface area contributed by atoms with Crippen LogP contribution in [0.25, 0.3) is 0 Å². The van der Waals surface area contributed by atoms with Crippen LogP contribution in [0.2, 0.25) is 0 Å². The lowest BCUT2D eigenvalue weighted by atomic mass is 9.95. The molecule has 9 nitrogen and oxygen atoms in total. The third-order valence-electron chi connectivity index (χ3n) is 6.37. The molecule has 0 radical (unpaired) electrons. The fourth-order valence-electron chi connectivity index (χ4n) is 3.81. The van der Waals surface area contributed by atoms with Crippen molar-refractivity contribution in [3.63, 3.8) is 0 Å². The van der Waals surface area contributed by atoms with Gasteiger partial charge in [-0.05, 0) is 43.4 Å². The van der Waals surface area contributed by atoms with Crippen LogP contribution in [0.15, 0.2) is 30.3 Å². The minimum absolute atomic E-state index is 0.144. The molecule has 1 aliphatic heterocycles. The molecule has 3 amide bonds. The van der Waals surface area contributed by atoms with E-state index in [1.54, 1.807) is 14.0 Å². The van der Waals surface area contributed by atoms with Crippen molar-refractivity contribution in [2.75, 3.05) is 20.2 Å². The number of amides is 3. The van der Waals surface area contributed by atoms with E-state index in [1.807, 2.05) is 24.3 Å². The lowest BCUT2D eigenvalue weighted by Crippen LogP contribution is -2.62. The average molecular weight is 484 g/mol. The third-order valence-corrected chi connectivity index (χ3v) is 6.37. The maximum absolute atomic E-state index is 13.0. The van der Waals surface area contributed by atoms with Gasteiger partial charge in [-0.3, -0.25) is 19.1 Å². The average Bonchev–Trinajstić information content (AvgIpc) is 3.25. The molecule has 35 heavy (non-hydrogen) atoms. The zero-order chi connectivity index (χ0) is 25.6. The Labute approximate surface area is 207 Å². The number of hydrogen-bond donors (Lipinski definition) is 2. The van der Waals surface area contributed by atoms with E-state index in [2.05, 4.69) is 36.5 Å². The predicted octanol–water partition coefficient (Wildman–Crippen LogP) is 3.00. The summed E-state index contributed by atoms with van der Waals surface area (Å²) in [5.74, 6) is 0.305. The van der Waals surface area contributed by atoms with E-state index < -0.39 is 5.54 Å². The van der Waals surface area contributed by atoms with Gasteiger partial charge in [0.2, 0.25) is 5.91 Å². The van der Waals surface area contributed by atoms with Crippen LogP contribution in [-0.2, 0) is 17.9 Å². The van der Waals surface area contributed by atoms with Gasteiger partial charge in [0.15, 0.2) is 5.69 Å². The van der Waals surface area contributed by atoms with Crippen molar-refractivity contribution in [1.82, 2.24) is 25.3 Å². The van der Waals surface area contributed by atoms with E-state index in [0.717, 1.165) is 30.6 Å². The molecular formula is C26H37N5O4. The van der Waals surface area contributed by atoms with Gasteiger partial charge >= 0.3 is 0 Å². The van der Waals surface area contributed by atoms with Crippen LogP contribution < -0.4 is 15.4 Å². The number of likely N-dealkylation sites (N-methyl/N-ethyl adjacent to an activating group) is 1. The summed E-state index contributed by atoms with van der Waals surface area (Å²) < 4.78 is 7.12. The fraction of sp³-hybridized carbons (Fsp3) is 0.538. The van der Waals surface area contributed by atoms with Gasteiger partial charge in [0.1, 0.15) is 17.0 Å². The molecule has 2 aromatic rings. The summed E-state index contributed by atoms with van der Waals surface area (Å²) >= 11 is 0. The molecule has 2 heterocycles. The van der Waals surface area contributed by atoms with Crippen molar-refractivity contribution < 1.29 is 19.1 Å². The van der Waals surface area contributed by atoms with Crippen LogP contribution in [0, 0.1) is 5.92 Å². The first-order valence-corrected chi connectivity index (χ1v) is 12.3. The van der Waals surface area contributed by atoms with Gasteiger partial charge < -0.3 is 20.3 Å². The second-order valence-corrected chi connectivity index (χ2v) is 9.68. The van der Waals surface area contributed by atoms with Gasteiger partial charge in [0, 0.05) is 26.2 Å². The van der Waals surface area contributed by atoms with Gasteiger partial charge in [-0.25, -0.2) is 0 Å². The maximum Gasteiger partial charge on any atom is 0.272 e. The number of carbonyl (C=O) groups excluding carboxylic acids is 3. The number of ether oxygens (including phenoxy) is 1. The molecular weight excluding hydrogens is 446 g/mol. The van der Waals surface area contributed by atoms with E-state index in [1.165, 1.54) is 15.6 Å². The number of hydrogen-bond acceptors (Lipinski definition) is 5. The smallest absolute Gasteiger partial charge is 0.272 e. The molecule has 0 saturated heterocycles. The molecule has 3 rings (SSSR count). The Morgan fingerprint density at radius 3 is 2.57 bits per heavy atom. The van der Waals surface area contributed by atoms with Gasteiger partial charge in [-0.15, -0.1) is 0 Å². The Balaban J connectivity index is 1.63. The number of aromatic nitrogens is 2. The first-order chi connectivity index (χ1) is 16.7. The molecule has 0 spiro atoms. The zero-order valence-corrected chi connectivity index (χ0v) is 21.4. The zero-order valence-electron chi connectivity index (χ0n) is 21.4. The summed E-state index contributed by atoms with van der Waals surface area (Å²) in [5, 5.41) is 10.1. The number of benzene rings is 1. The van der Waals surface area contributed by atoms with E-state index >= 15 is 0 Å². The normalized spacial score (nSPS) is 17.3. The quantitative estimate of drug-likeness (QED) is 0.478. The molecule has 0 fully saturated rings. The minimum atomic E-state index is -1.10. The fourth-order valence-corrected chi connectivity index (χ4v) is 3.81. The largest absolute Gasteiger partial charge is 0.494 e. The highest BCUT2D eigenvalue weighted by molar-refractivity contribution is 6.01. The van der Waals surface area contributed by atoms with Crippen molar-refractivity contribution in [3.8, 4) is 5.75 Å². The molecule has 1 aliphatic rings. The first kappa shape index (κ1) is 26.2. The van der Waals surface area contributed by atoms with Crippen molar-refractivity contribution in [2.45, 2.75) is 65.6 Å². The second-order valence-electron chi connectivity index (χ2n) is 9.68. The molecule has 1 unspecified atom stereocenters. The molecule has 1 aromatic heterocycles. The lowest BCUT2D eigenvalue weighted by molar-refractivity contribution is -0.132. The number of unbranched alkanes of at least 4 members (excludes halogenated alkanes) is 1. The van der Waals surface area contributed by atoms with E-state index in [9.17, 15) is 14.4 Å². The molecule has 0 saturated carbocycles. The summed E-state index contributed by atoms with van der Waals surface area (Å²) in [5.41, 5.74) is 0.262. The Hall–Kier alpha value is -3.36. The van der Waals surface area contributed by atoms with Gasteiger partial charge in [0.05, 0.1) is 13.2 Å². The number of rotatable bonds is 11. The van der Waals surface area contributed by atoms with E-state index in [0.29, 0.717) is 31.3 Å². The summed E-state index contributed by atoms with van der Waals surface area (Å²) in [4.78, 5) is 40.1. The highest BCUT2D eigenvalue weighted by atomic mass is 16.5. The number of carbonyl (C=O) groups is 3. The highest BCUT2D eigenvalue weighted by Gasteiger charge is 2.46. The molecule has 2 N–H and O–H groups in total. The van der Waals surface area contributed by atoms with Gasteiger partial charge in [0.25, 0.3) is 11.8 Å². The summed E-state index contributed by atoms with van der Waals surface area (Å²) in [6, 6.07) is 9.06. The standard InChI is InChI=1S/C26H37N5O4/c1-6-7-14-35-20-10-8-19(9-11-20)16-28-23(32)21-15-22-24(33)30(5)26(4,17-31(22)29-21)25(34)27-13-12-18(2)3/h8-11,15,18H,6-7,12-14,16-17H2,1-5H3,(H,27,34)(H,28,32). The Morgan fingerprint density at radius 2 is 1.91 bits per heavy atom. The summed E-state index contributed by atoms with van der Waals surface area (Å²) in [6.07, 6.45) is 2.94. The number of nitrogens with one attached hydrogen (secondary N) is 2. The second kappa shape index (κ2) is 11.4. The SMILES string of the molecule is CCCCOc1ccc(CNC(=O)c2cc3n(n2)CC(C)(C(=O)NCCC(C)C)N(C)C3=O)cc1. The van der Waals surface area contributed by atoms with Gasteiger partial charge in [-0.1, -0.05) is 39.3 Å². The number of nitrogens with zero attached hydrogens (tertiary/aromatic N) is 3. The lowest BCUT2D eigenvalue weighted by Gasteiger charge is -2.40. The van der Waals surface area contributed by atoms with Gasteiger partial charge in [-0.2, -0.15) is 5.10 Å². The van der Waals surface area contributed by atoms with Crippen LogP contribution in [0.5, 0.6) is 5.75 Å². The summed E-state index contributed by atoms with van der Waals surface area (Å²) in [7, 11) is 1.61. The molecule has 190 valence electrons. The molecule has 0 aliphatic carbocycles. The predicted molar refractivity (Wildman–Crippen MR) is 133 cm³/mol. The van der Waals surface area contributed by atoms with Crippen molar-refractivity contribution in [2.24, 2.45) is 5.92 Å². The van der Waals surface area contributed by atoms with Crippen LogP contribution in [0.4, 0.5) is 0 Å². The van der Waals surface area contributed by atoms with E-state index in [-0.39, 0.29) is 30.0 Å². The minimum Gasteiger partial charge on any atom is -0.494 e. The van der Waals surface area contributed by atoms with Crippen LogP contribution >= 0.6 is 0 Å². The molecule has 9 heteroatoms. The summed E-state index contributed by atoms with van der Waals surface area (Å²) in [6.45, 7) is 9.73. The van der Waals surface area contributed by atoms with Crippen LogP contribution in [0.3, 0.4) is 0 Å². The molecule has 1 atom stereocenters. The highest BCUT2D eigenvalue weighted by Crippen LogP contribution is 2.26. The number of fused-ring (bicyclic) bond motifs is 1. The van der Waals surface area contributed by atoms with Crippen LogP contribution in [0.1, 0.15) is 73.5 Å². The molecule has 0 bridgehead atoms. The molecule has 1 aromatic carbocycles. The first-order valence-electron chi connectivity index (χ1n) is 12.3. The van der Waals surface area contributed by atoms with Crippen molar-refractivity contribution in [1.29, 1.82) is 0 Å². The van der Waals surface area contributed by atoms with Crippen LogP contribution in [-0.4, -0.2) is 58.1 Å². The topological polar surface area (TPSA) is 106 Å². The Kier molecular flexibility index (Phi) is 8.53. The Morgan fingerprint density at radius 1 is 1.20 bits per heavy atom.